The molecule has 0 saturated carbocycles. The van der Waals surface area contributed by atoms with Crippen LogP contribution >= 0.6 is 46.4 Å². The van der Waals surface area contributed by atoms with Crippen molar-refractivity contribution in [1.82, 2.24) is 29.9 Å². The first-order valence-electron chi connectivity index (χ1n) is 22.6. The van der Waals surface area contributed by atoms with E-state index in [0.29, 0.717) is 46.3 Å². The largest absolute Gasteiger partial charge is 0.379 e. The smallest absolute Gasteiger partial charge is 0.253 e. The Morgan fingerprint density at radius 3 is 1.47 bits per heavy atom. The molecule has 70 heavy (non-hydrogen) atoms. The number of benzene rings is 4. The Morgan fingerprint density at radius 1 is 0.614 bits per heavy atom. The van der Waals surface area contributed by atoms with Gasteiger partial charge in [-0.15, -0.1) is 0 Å². The lowest BCUT2D eigenvalue weighted by Gasteiger charge is -2.33. The average Bonchev–Trinajstić information content (AvgIpc) is 3.32. The molecule has 2 aliphatic rings. The Hall–Kier alpha value is -3.03. The van der Waals surface area contributed by atoms with E-state index in [0.717, 1.165) is 33.4 Å². The van der Waals surface area contributed by atoms with E-state index in [1.54, 1.807) is 48.5 Å². The minimum atomic E-state index is -3.83. The van der Waals surface area contributed by atoms with Crippen LogP contribution in [0.3, 0.4) is 0 Å². The summed E-state index contributed by atoms with van der Waals surface area (Å²) in [6.45, 7) is 4.07. The normalized spacial score (nSPS) is 17.5. The lowest BCUT2D eigenvalue weighted by atomic mass is 9.85. The summed E-state index contributed by atoms with van der Waals surface area (Å²) in [5, 5.41) is 27.7. The number of ether oxygens (including phenoxy) is 4. The number of likely N-dealkylation sites (N-methyl/N-ethyl adjacent to an activating group) is 2. The maximum atomic E-state index is 13.1. The number of halogens is 4. The molecule has 4 unspecified atom stereocenters. The number of nitrogens with zero attached hydrogens (tertiary/aromatic N) is 2. The average molecular weight is 1090 g/mol. The number of hydrogen-bond donors (Lipinski definition) is 6. The number of sulfonamides is 2. The van der Waals surface area contributed by atoms with E-state index in [1.807, 2.05) is 38.4 Å². The summed E-state index contributed by atoms with van der Waals surface area (Å²) >= 11 is 25.7. The molecule has 4 atom stereocenters. The number of carbonyl (C=O) groups excluding carboxylic acids is 1. The third-order valence-corrected chi connectivity index (χ3v) is 15.7. The highest BCUT2D eigenvalue weighted by Gasteiger charge is 2.30. The summed E-state index contributed by atoms with van der Waals surface area (Å²) in [6.07, 6.45) is -3.31. The number of hydrogen-bond acceptors (Lipinski definition) is 14. The monoisotopic (exact) mass is 1090 g/mol. The summed E-state index contributed by atoms with van der Waals surface area (Å²) in [6, 6.07) is 20.9. The summed E-state index contributed by atoms with van der Waals surface area (Å²) in [5.74, 6) is -1.03. The van der Waals surface area contributed by atoms with Gasteiger partial charge in [-0.3, -0.25) is 10.1 Å². The van der Waals surface area contributed by atoms with Gasteiger partial charge >= 0.3 is 0 Å². The van der Waals surface area contributed by atoms with Gasteiger partial charge in [0, 0.05) is 84.3 Å². The fraction of sp³-hybridized carbons (Fsp3) is 0.468. The van der Waals surface area contributed by atoms with Crippen LogP contribution in [-0.2, 0) is 56.9 Å². The van der Waals surface area contributed by atoms with Gasteiger partial charge < -0.3 is 44.3 Å². The minimum Gasteiger partial charge on any atom is -0.379 e. The third kappa shape index (κ3) is 16.0. The number of fused-ring (bicyclic) bond motifs is 2. The van der Waals surface area contributed by atoms with Crippen molar-refractivity contribution in [2.75, 3.05) is 106 Å². The van der Waals surface area contributed by atoms with Crippen molar-refractivity contribution in [1.29, 1.82) is 0 Å². The van der Waals surface area contributed by atoms with E-state index < -0.39 is 38.3 Å². The Morgan fingerprint density at radius 2 is 1.03 bits per heavy atom. The van der Waals surface area contributed by atoms with Crippen LogP contribution in [0.15, 0.2) is 82.6 Å². The molecule has 0 aliphatic carbocycles. The molecule has 0 bridgehead atoms. The fourth-order valence-corrected chi connectivity index (χ4v) is 11.5. The Bertz CT molecular complexity index is 2620. The third-order valence-electron chi connectivity index (χ3n) is 11.7. The van der Waals surface area contributed by atoms with Gasteiger partial charge in [-0.1, -0.05) is 70.7 Å². The zero-order chi connectivity index (χ0) is 50.4. The van der Waals surface area contributed by atoms with Crippen LogP contribution in [0, 0.1) is 0 Å². The number of aliphatic hydroxyl groups excluding tert-OH is 2. The highest BCUT2D eigenvalue weighted by molar-refractivity contribution is 7.89. The molecule has 2 aliphatic heterocycles. The van der Waals surface area contributed by atoms with Crippen molar-refractivity contribution in [3.63, 3.8) is 0 Å². The van der Waals surface area contributed by atoms with Crippen molar-refractivity contribution < 1.29 is 50.8 Å². The quantitative estimate of drug-likeness (QED) is 0.0366. The highest BCUT2D eigenvalue weighted by Crippen LogP contribution is 2.40. The van der Waals surface area contributed by atoms with Crippen molar-refractivity contribution in [2.24, 2.45) is 0 Å². The number of nitrogens with one attached hydrogen (secondary N) is 4. The molecule has 17 nitrogen and oxygen atoms in total. The topological polar surface area (TPSA) is 217 Å². The van der Waals surface area contributed by atoms with Gasteiger partial charge in [-0.25, -0.2) is 26.3 Å². The van der Waals surface area contributed by atoms with Gasteiger partial charge in [0.1, 0.15) is 6.23 Å². The molecule has 0 radical (unpaired) electrons. The molecule has 23 heteroatoms. The van der Waals surface area contributed by atoms with Crippen LogP contribution in [0.5, 0.6) is 0 Å². The standard InChI is InChI=1S/C47H60Cl4N6O11S2/c1-56-27-39(37-23-33(48)25-43(50)41(37)29-56)31-5-3-7-35(21-31)69(61,62)54-11-15-67-19-17-65-13-9-52-46(59)45(58)47(60)53-10-14-66-18-20-68-16-12-55-70(63,64)36-8-4-6-32(22-36)40-28-57(2)30-42-38(40)24-34(49)26-44(42)51/h3-8,21-26,39-40,45-46,52,54-55,58-59H,9-20,27-30H2,1-2H3,(H,53,60). The lowest BCUT2D eigenvalue weighted by molar-refractivity contribution is -0.136. The zero-order valence-corrected chi connectivity index (χ0v) is 43.5. The first-order chi connectivity index (χ1) is 33.4. The van der Waals surface area contributed by atoms with E-state index >= 15 is 0 Å². The second kappa shape index (κ2) is 26.8. The minimum absolute atomic E-state index is 0.0352. The van der Waals surface area contributed by atoms with Crippen molar-refractivity contribution in [2.45, 2.75) is 47.0 Å². The van der Waals surface area contributed by atoms with E-state index in [4.69, 9.17) is 65.4 Å². The predicted octanol–water partition coefficient (Wildman–Crippen LogP) is 4.16. The molecule has 6 rings (SSSR count). The molecule has 0 fully saturated rings. The number of carbonyl (C=O) groups is 1. The lowest BCUT2D eigenvalue weighted by Crippen LogP contribution is -2.50. The van der Waals surface area contributed by atoms with Gasteiger partial charge in [0.2, 0.25) is 20.0 Å². The molecule has 0 aromatic heterocycles. The van der Waals surface area contributed by atoms with Crippen molar-refractivity contribution >= 4 is 72.4 Å². The summed E-state index contributed by atoms with van der Waals surface area (Å²) in [7, 11) is -3.68. The fourth-order valence-electron chi connectivity index (χ4n) is 8.25. The zero-order valence-electron chi connectivity index (χ0n) is 38.8. The van der Waals surface area contributed by atoms with Gasteiger partial charge in [0.25, 0.3) is 5.91 Å². The molecule has 0 spiro atoms. The molecule has 2 heterocycles. The molecular formula is C47H60Cl4N6O11S2. The molecule has 1 amide bonds. The first kappa shape index (κ1) is 56.3. The van der Waals surface area contributed by atoms with Crippen LogP contribution in [0.2, 0.25) is 20.1 Å². The second-order valence-electron chi connectivity index (χ2n) is 16.9. The predicted molar refractivity (Wildman–Crippen MR) is 269 cm³/mol. The van der Waals surface area contributed by atoms with E-state index in [2.05, 4.69) is 29.9 Å². The van der Waals surface area contributed by atoms with Gasteiger partial charge in [0.15, 0.2) is 6.10 Å². The van der Waals surface area contributed by atoms with Crippen LogP contribution in [-0.4, -0.2) is 161 Å². The first-order valence-corrected chi connectivity index (χ1v) is 27.1. The second-order valence-corrected chi connectivity index (χ2v) is 22.2. The van der Waals surface area contributed by atoms with Crippen LogP contribution in [0.4, 0.5) is 0 Å². The summed E-state index contributed by atoms with van der Waals surface area (Å²) in [4.78, 5) is 16.8. The van der Waals surface area contributed by atoms with Gasteiger partial charge in [-0.2, -0.15) is 0 Å². The van der Waals surface area contributed by atoms with Gasteiger partial charge in [0.05, 0.1) is 62.6 Å². The maximum Gasteiger partial charge on any atom is 0.253 e. The molecule has 384 valence electrons. The maximum absolute atomic E-state index is 13.1. The molecule has 4 aromatic carbocycles. The van der Waals surface area contributed by atoms with Crippen molar-refractivity contribution in [3.8, 4) is 0 Å². The SMILES string of the molecule is CN1Cc2c(Cl)cc(Cl)cc2C(c2cccc(S(=O)(=O)NCCOCCOCCNC(=O)C(O)C(O)NCCOCCOCCNS(=O)(=O)c3cccc(C4CN(C)Cc5c(Cl)cc(Cl)cc54)c3)c2)C1. The van der Waals surface area contributed by atoms with Gasteiger partial charge in [-0.05, 0) is 96.0 Å². The molecule has 6 N–H and O–H groups in total. The van der Waals surface area contributed by atoms with Crippen LogP contribution < -0.4 is 20.1 Å². The van der Waals surface area contributed by atoms with Crippen LogP contribution in [0.1, 0.15) is 45.2 Å². The Kier molecular flexibility index (Phi) is 21.5. The van der Waals surface area contributed by atoms with E-state index in [9.17, 15) is 31.8 Å². The number of amides is 1. The number of rotatable bonds is 27. The van der Waals surface area contributed by atoms with Crippen LogP contribution in [0.25, 0.3) is 0 Å². The summed E-state index contributed by atoms with van der Waals surface area (Å²) in [5.41, 5.74) is 5.57. The van der Waals surface area contributed by atoms with E-state index in [1.165, 1.54) is 0 Å². The molecular weight excluding hydrogens is 1030 g/mol. The van der Waals surface area contributed by atoms with Crippen molar-refractivity contribution in [3.05, 3.63) is 126 Å². The highest BCUT2D eigenvalue weighted by atomic mass is 35.5. The molecule has 0 saturated heterocycles. The Balaban J connectivity index is 0.766. The van der Waals surface area contributed by atoms with E-state index in [-0.39, 0.29) is 101 Å². The Labute approximate surface area is 430 Å². The number of aliphatic hydroxyl groups is 2. The molecule has 4 aromatic rings. The summed E-state index contributed by atoms with van der Waals surface area (Å²) < 4.78 is 79.6.